The van der Waals surface area contributed by atoms with E-state index in [1.165, 1.54) is 0 Å². The van der Waals surface area contributed by atoms with Crippen molar-refractivity contribution in [3.63, 3.8) is 0 Å². The van der Waals surface area contributed by atoms with E-state index in [0.29, 0.717) is 19.0 Å². The third kappa shape index (κ3) is 3.71. The van der Waals surface area contributed by atoms with Gasteiger partial charge in [-0.2, -0.15) is 0 Å². The summed E-state index contributed by atoms with van der Waals surface area (Å²) in [5, 5.41) is 4.92. The Bertz CT molecular complexity index is 616. The number of urea groups is 1. The Labute approximate surface area is 147 Å². The lowest BCUT2D eigenvalue weighted by Gasteiger charge is -2.26. The Balaban J connectivity index is 1.58. The van der Waals surface area contributed by atoms with Gasteiger partial charge in [-0.1, -0.05) is 6.92 Å². The fraction of sp³-hybridized carbons (Fsp3) is 0.706. The van der Waals surface area contributed by atoms with Crippen molar-refractivity contribution < 1.29 is 9.59 Å². The summed E-state index contributed by atoms with van der Waals surface area (Å²) in [5.41, 5.74) is 0.889. The molecule has 1 N–H and O–H groups in total. The van der Waals surface area contributed by atoms with Crippen molar-refractivity contribution in [1.82, 2.24) is 14.8 Å². The molecule has 132 valence electrons. The Hall–Kier alpha value is -1.63. The topological polar surface area (TPSA) is 65.5 Å². The second-order valence-corrected chi connectivity index (χ2v) is 7.65. The van der Waals surface area contributed by atoms with Crippen LogP contribution in [0.4, 0.5) is 9.80 Å². The highest BCUT2D eigenvalue weighted by Crippen LogP contribution is 2.26. The molecule has 1 unspecified atom stereocenters. The maximum atomic E-state index is 12.6. The average Bonchev–Trinajstić information content (AvgIpc) is 3.05. The number of carbonyl (C=O) groups excluding carboxylic acids is 2. The molecule has 0 spiro atoms. The normalized spacial score (nSPS) is 21.9. The van der Waals surface area contributed by atoms with Crippen molar-refractivity contribution >= 4 is 28.3 Å². The third-order valence-electron chi connectivity index (χ3n) is 4.90. The first-order valence-corrected chi connectivity index (χ1v) is 9.72. The lowest BCUT2D eigenvalue weighted by molar-refractivity contribution is -0.129. The van der Waals surface area contributed by atoms with Crippen LogP contribution in [0.3, 0.4) is 0 Å². The Kier molecular flexibility index (Phi) is 5.38. The summed E-state index contributed by atoms with van der Waals surface area (Å²) >= 11 is 1.56. The van der Waals surface area contributed by atoms with Crippen LogP contribution in [-0.4, -0.2) is 52.4 Å². The largest absolute Gasteiger partial charge is 0.340 e. The number of aromatic nitrogens is 1. The van der Waals surface area contributed by atoms with Crippen LogP contribution < -0.4 is 5.32 Å². The third-order valence-corrected chi connectivity index (χ3v) is 6.12. The summed E-state index contributed by atoms with van der Waals surface area (Å²) in [6.45, 7) is 6.35. The zero-order valence-corrected chi connectivity index (χ0v) is 15.3. The van der Waals surface area contributed by atoms with Crippen molar-refractivity contribution in [2.45, 2.75) is 58.4 Å². The van der Waals surface area contributed by atoms with Crippen LogP contribution in [0.5, 0.6) is 0 Å². The van der Waals surface area contributed by atoms with E-state index in [4.69, 9.17) is 0 Å². The van der Waals surface area contributed by atoms with Crippen LogP contribution in [0.2, 0.25) is 0 Å². The van der Waals surface area contributed by atoms with E-state index in [2.05, 4.69) is 17.2 Å². The fourth-order valence-electron chi connectivity index (χ4n) is 3.54. The minimum absolute atomic E-state index is 0.0437. The minimum atomic E-state index is -0.0437. The molecule has 2 fully saturated rings. The number of anilines is 1. The maximum absolute atomic E-state index is 12.6. The highest BCUT2D eigenvalue weighted by Gasteiger charge is 2.30. The van der Waals surface area contributed by atoms with E-state index < -0.39 is 0 Å². The number of carbonyl (C=O) groups is 2. The van der Waals surface area contributed by atoms with Crippen molar-refractivity contribution in [3.8, 4) is 0 Å². The summed E-state index contributed by atoms with van der Waals surface area (Å²) in [6, 6.07) is 0.257. The van der Waals surface area contributed by atoms with Gasteiger partial charge in [0.2, 0.25) is 5.91 Å². The number of rotatable bonds is 3. The van der Waals surface area contributed by atoms with Gasteiger partial charge in [-0.25, -0.2) is 9.78 Å². The lowest BCUT2D eigenvalue weighted by atomic mass is 10.1. The number of hydrogen-bond donors (Lipinski definition) is 1. The van der Waals surface area contributed by atoms with Crippen molar-refractivity contribution in [3.05, 3.63) is 10.7 Å². The summed E-state index contributed by atoms with van der Waals surface area (Å²) < 4.78 is 0. The molecular weight excluding hydrogens is 324 g/mol. The SMILES string of the molecule is CCc1nc(C)c(NC(=O)N2CCCC(N3CCCC3=O)CC2)s1. The van der Waals surface area contributed by atoms with E-state index >= 15 is 0 Å². The smallest absolute Gasteiger partial charge is 0.322 e. The van der Waals surface area contributed by atoms with Gasteiger partial charge in [-0.3, -0.25) is 10.1 Å². The lowest BCUT2D eigenvalue weighted by Crippen LogP contribution is -2.38. The molecule has 0 aliphatic carbocycles. The summed E-state index contributed by atoms with van der Waals surface area (Å²) in [7, 11) is 0. The predicted octanol–water partition coefficient (Wildman–Crippen LogP) is 3.02. The van der Waals surface area contributed by atoms with E-state index in [9.17, 15) is 9.59 Å². The van der Waals surface area contributed by atoms with Crippen LogP contribution in [0.1, 0.15) is 49.7 Å². The second-order valence-electron chi connectivity index (χ2n) is 6.57. The van der Waals surface area contributed by atoms with Gasteiger partial charge in [0.1, 0.15) is 5.00 Å². The summed E-state index contributed by atoms with van der Waals surface area (Å²) in [4.78, 5) is 32.9. The molecule has 3 amide bonds. The van der Waals surface area contributed by atoms with E-state index in [0.717, 1.165) is 60.9 Å². The quantitative estimate of drug-likeness (QED) is 0.911. The monoisotopic (exact) mass is 350 g/mol. The predicted molar refractivity (Wildman–Crippen MR) is 95.4 cm³/mol. The summed E-state index contributed by atoms with van der Waals surface area (Å²) in [6.07, 6.45) is 5.37. The number of nitrogens with zero attached hydrogens (tertiary/aromatic N) is 3. The maximum Gasteiger partial charge on any atom is 0.322 e. The first-order valence-electron chi connectivity index (χ1n) is 8.90. The van der Waals surface area contributed by atoms with Crippen molar-refractivity contribution in [1.29, 1.82) is 0 Å². The molecule has 0 bridgehead atoms. The molecule has 2 aliphatic heterocycles. The standard InChI is InChI=1S/C17H26N4O2S/c1-3-14-18-12(2)16(24-14)19-17(23)20-9-4-6-13(8-11-20)21-10-5-7-15(21)22/h13H,3-11H2,1-2H3,(H,19,23). The number of amides is 3. The van der Waals surface area contributed by atoms with Gasteiger partial charge in [0.25, 0.3) is 0 Å². The number of hydrogen-bond acceptors (Lipinski definition) is 4. The molecule has 6 nitrogen and oxygen atoms in total. The molecule has 0 aromatic carbocycles. The molecule has 1 aromatic heterocycles. The zero-order chi connectivity index (χ0) is 17.1. The molecular formula is C17H26N4O2S. The fourth-order valence-corrected chi connectivity index (χ4v) is 4.44. The van der Waals surface area contributed by atoms with Gasteiger partial charge >= 0.3 is 6.03 Å². The van der Waals surface area contributed by atoms with Crippen molar-refractivity contribution in [2.24, 2.45) is 0 Å². The van der Waals surface area contributed by atoms with Crippen LogP contribution in [0.15, 0.2) is 0 Å². The second kappa shape index (κ2) is 7.51. The molecule has 0 saturated carbocycles. The molecule has 3 rings (SSSR count). The first-order chi connectivity index (χ1) is 11.6. The van der Waals surface area contributed by atoms with Gasteiger partial charge in [0.05, 0.1) is 10.7 Å². The molecule has 24 heavy (non-hydrogen) atoms. The average molecular weight is 350 g/mol. The van der Waals surface area contributed by atoms with E-state index in [1.54, 1.807) is 11.3 Å². The molecule has 1 atom stereocenters. The number of aryl methyl sites for hydroxylation is 2. The van der Waals surface area contributed by atoms with Gasteiger partial charge < -0.3 is 9.80 Å². The Morgan fingerprint density at radius 3 is 2.79 bits per heavy atom. The highest BCUT2D eigenvalue weighted by molar-refractivity contribution is 7.16. The number of thiazole rings is 1. The van der Waals surface area contributed by atoms with Gasteiger partial charge in [-0.15, -0.1) is 11.3 Å². The molecule has 7 heteroatoms. The van der Waals surface area contributed by atoms with Gasteiger partial charge in [0.15, 0.2) is 0 Å². The van der Waals surface area contributed by atoms with Gasteiger partial charge in [-0.05, 0) is 39.0 Å². The molecule has 2 saturated heterocycles. The van der Waals surface area contributed by atoms with Crippen LogP contribution >= 0.6 is 11.3 Å². The van der Waals surface area contributed by atoms with Crippen LogP contribution in [-0.2, 0) is 11.2 Å². The zero-order valence-electron chi connectivity index (χ0n) is 14.5. The Morgan fingerprint density at radius 2 is 2.12 bits per heavy atom. The summed E-state index contributed by atoms with van der Waals surface area (Å²) in [5.74, 6) is 0.283. The Morgan fingerprint density at radius 1 is 1.29 bits per heavy atom. The highest BCUT2D eigenvalue weighted by atomic mass is 32.1. The molecule has 1 aromatic rings. The number of likely N-dealkylation sites (tertiary alicyclic amines) is 2. The first kappa shape index (κ1) is 17.2. The van der Waals surface area contributed by atoms with Gasteiger partial charge in [0, 0.05) is 32.1 Å². The molecule has 0 radical (unpaired) electrons. The van der Waals surface area contributed by atoms with E-state index in [1.807, 2.05) is 16.7 Å². The number of nitrogens with one attached hydrogen (secondary N) is 1. The van der Waals surface area contributed by atoms with E-state index in [-0.39, 0.29) is 11.9 Å². The van der Waals surface area contributed by atoms with Crippen molar-refractivity contribution in [2.75, 3.05) is 25.0 Å². The van der Waals surface area contributed by atoms with Crippen LogP contribution in [0, 0.1) is 6.92 Å². The van der Waals surface area contributed by atoms with Crippen LogP contribution in [0.25, 0.3) is 0 Å². The minimum Gasteiger partial charge on any atom is -0.340 e. The molecule has 3 heterocycles. The molecule has 2 aliphatic rings.